The first-order chi connectivity index (χ1) is 8.63. The smallest absolute Gasteiger partial charge is 0.120 e. The summed E-state index contributed by atoms with van der Waals surface area (Å²) in [6, 6.07) is 7.95. The van der Waals surface area contributed by atoms with Crippen LogP contribution in [0, 0.1) is 0 Å². The number of fused-ring (bicyclic) bond motifs is 1. The van der Waals surface area contributed by atoms with Gasteiger partial charge in [-0.1, -0.05) is 0 Å². The highest BCUT2D eigenvalue weighted by molar-refractivity contribution is 5.91. The van der Waals surface area contributed by atoms with E-state index in [0.29, 0.717) is 5.92 Å². The first-order valence-electron chi connectivity index (χ1n) is 6.50. The summed E-state index contributed by atoms with van der Waals surface area (Å²) in [5.41, 5.74) is 9.03. The van der Waals surface area contributed by atoms with E-state index in [-0.39, 0.29) is 6.10 Å². The van der Waals surface area contributed by atoms with Gasteiger partial charge in [0.25, 0.3) is 0 Å². The number of nitrogen functional groups attached to an aromatic ring is 1. The molecule has 1 fully saturated rings. The molecule has 1 aliphatic carbocycles. The molecule has 0 unspecified atom stereocenters. The zero-order chi connectivity index (χ0) is 12.7. The van der Waals surface area contributed by atoms with E-state index >= 15 is 0 Å². The highest BCUT2D eigenvalue weighted by Gasteiger charge is 2.25. The maximum atomic E-state index is 6.13. The fraction of sp³-hybridized carbons (Fsp3) is 0.400. The van der Waals surface area contributed by atoms with Crippen molar-refractivity contribution in [3.63, 3.8) is 0 Å². The molecule has 18 heavy (non-hydrogen) atoms. The zero-order valence-electron chi connectivity index (χ0n) is 10.8. The number of rotatable bonds is 3. The van der Waals surface area contributed by atoms with Crippen LogP contribution in [0.25, 0.3) is 10.9 Å². The minimum atomic E-state index is 0.169. The minimum absolute atomic E-state index is 0.169. The molecule has 0 radical (unpaired) electrons. The van der Waals surface area contributed by atoms with Gasteiger partial charge in [0.05, 0.1) is 11.6 Å². The predicted octanol–water partition coefficient (Wildman–Crippen LogP) is 3.48. The molecule has 0 aliphatic heterocycles. The highest BCUT2D eigenvalue weighted by Crippen LogP contribution is 2.40. The molecular weight excluding hydrogens is 224 g/mol. The van der Waals surface area contributed by atoms with Crippen LogP contribution in [0.3, 0.4) is 0 Å². The van der Waals surface area contributed by atoms with Crippen molar-refractivity contribution in [2.75, 3.05) is 5.73 Å². The Kier molecular flexibility index (Phi) is 2.62. The Morgan fingerprint density at radius 2 is 2.06 bits per heavy atom. The molecule has 2 N–H and O–H groups in total. The monoisotopic (exact) mass is 242 g/mol. The standard InChI is InChI=1S/C15H18N2O/c1-9(2)18-11-5-6-14-12(7-11)13(16)8-15(17-14)10-3-4-10/h5-10H,3-4H2,1-2H3,(H2,16,17). The summed E-state index contributed by atoms with van der Waals surface area (Å²) in [7, 11) is 0. The van der Waals surface area contributed by atoms with Gasteiger partial charge in [-0.2, -0.15) is 0 Å². The Morgan fingerprint density at radius 1 is 1.28 bits per heavy atom. The van der Waals surface area contributed by atoms with Crippen LogP contribution >= 0.6 is 0 Å². The molecule has 0 atom stereocenters. The molecule has 0 bridgehead atoms. The first-order valence-corrected chi connectivity index (χ1v) is 6.50. The maximum absolute atomic E-state index is 6.13. The fourth-order valence-electron chi connectivity index (χ4n) is 2.19. The van der Waals surface area contributed by atoms with E-state index in [9.17, 15) is 0 Å². The molecule has 0 spiro atoms. The third kappa shape index (κ3) is 2.13. The zero-order valence-corrected chi connectivity index (χ0v) is 10.8. The Bertz CT molecular complexity index is 588. The molecule has 94 valence electrons. The van der Waals surface area contributed by atoms with E-state index in [2.05, 4.69) is 4.98 Å². The van der Waals surface area contributed by atoms with E-state index in [0.717, 1.165) is 28.0 Å². The van der Waals surface area contributed by atoms with E-state index in [1.54, 1.807) is 0 Å². The lowest BCUT2D eigenvalue weighted by molar-refractivity contribution is 0.243. The van der Waals surface area contributed by atoms with Crippen LogP contribution in [0.15, 0.2) is 24.3 Å². The average molecular weight is 242 g/mol. The van der Waals surface area contributed by atoms with Gasteiger partial charge in [-0.25, -0.2) is 0 Å². The van der Waals surface area contributed by atoms with Crippen LogP contribution in [-0.4, -0.2) is 11.1 Å². The third-order valence-electron chi connectivity index (χ3n) is 3.20. The van der Waals surface area contributed by atoms with Crippen molar-refractivity contribution in [1.29, 1.82) is 0 Å². The second kappa shape index (κ2) is 4.16. The number of aromatic nitrogens is 1. The van der Waals surface area contributed by atoms with Gasteiger partial charge in [0.15, 0.2) is 0 Å². The summed E-state index contributed by atoms with van der Waals surface area (Å²) < 4.78 is 5.68. The van der Waals surface area contributed by atoms with Crippen molar-refractivity contribution in [3.05, 3.63) is 30.0 Å². The van der Waals surface area contributed by atoms with Crippen molar-refractivity contribution < 1.29 is 4.74 Å². The molecule has 1 heterocycles. The van der Waals surface area contributed by atoms with E-state index in [1.807, 2.05) is 38.1 Å². The van der Waals surface area contributed by atoms with Gasteiger partial charge in [0, 0.05) is 22.7 Å². The normalized spacial score (nSPS) is 15.3. The molecule has 3 nitrogen and oxygen atoms in total. The van der Waals surface area contributed by atoms with Crippen LogP contribution < -0.4 is 10.5 Å². The van der Waals surface area contributed by atoms with Gasteiger partial charge in [0.1, 0.15) is 5.75 Å². The SMILES string of the molecule is CC(C)Oc1ccc2nc(C3CC3)cc(N)c2c1. The largest absolute Gasteiger partial charge is 0.491 e. The number of nitrogens with two attached hydrogens (primary N) is 1. The Morgan fingerprint density at radius 3 is 2.72 bits per heavy atom. The highest BCUT2D eigenvalue weighted by atomic mass is 16.5. The summed E-state index contributed by atoms with van der Waals surface area (Å²) in [4.78, 5) is 4.68. The summed E-state index contributed by atoms with van der Waals surface area (Å²) in [5.74, 6) is 1.48. The average Bonchev–Trinajstić information content (AvgIpc) is 3.12. The van der Waals surface area contributed by atoms with Crippen LogP contribution in [0.1, 0.15) is 38.3 Å². The molecule has 0 amide bonds. The molecule has 1 aliphatic rings. The number of pyridine rings is 1. The number of benzene rings is 1. The Balaban J connectivity index is 2.05. The summed E-state index contributed by atoms with van der Waals surface area (Å²) >= 11 is 0. The molecule has 3 rings (SSSR count). The number of hydrogen-bond acceptors (Lipinski definition) is 3. The Labute approximate surface area is 107 Å². The second-order valence-corrected chi connectivity index (χ2v) is 5.26. The number of nitrogens with zero attached hydrogens (tertiary/aromatic N) is 1. The molecule has 1 saturated carbocycles. The quantitative estimate of drug-likeness (QED) is 0.896. The van der Waals surface area contributed by atoms with Crippen molar-refractivity contribution in [1.82, 2.24) is 4.98 Å². The van der Waals surface area contributed by atoms with Gasteiger partial charge < -0.3 is 10.5 Å². The van der Waals surface area contributed by atoms with Crippen LogP contribution in [0.4, 0.5) is 5.69 Å². The van der Waals surface area contributed by atoms with Gasteiger partial charge in [-0.05, 0) is 51.0 Å². The lowest BCUT2D eigenvalue weighted by atomic mass is 10.1. The van der Waals surface area contributed by atoms with Crippen molar-refractivity contribution >= 4 is 16.6 Å². The van der Waals surface area contributed by atoms with Crippen molar-refractivity contribution in [3.8, 4) is 5.75 Å². The molecule has 3 heteroatoms. The predicted molar refractivity (Wildman–Crippen MR) is 73.9 cm³/mol. The van der Waals surface area contributed by atoms with Gasteiger partial charge in [-0.3, -0.25) is 4.98 Å². The van der Waals surface area contributed by atoms with Crippen LogP contribution in [-0.2, 0) is 0 Å². The first kappa shape index (κ1) is 11.3. The summed E-state index contributed by atoms with van der Waals surface area (Å²) in [6.45, 7) is 4.03. The van der Waals surface area contributed by atoms with E-state index < -0.39 is 0 Å². The number of anilines is 1. The lowest BCUT2D eigenvalue weighted by Gasteiger charge is -2.11. The van der Waals surface area contributed by atoms with Crippen molar-refractivity contribution in [2.45, 2.75) is 38.7 Å². The topological polar surface area (TPSA) is 48.1 Å². The molecule has 1 aromatic heterocycles. The Hall–Kier alpha value is -1.77. The third-order valence-corrected chi connectivity index (χ3v) is 3.20. The number of ether oxygens (including phenoxy) is 1. The van der Waals surface area contributed by atoms with Crippen LogP contribution in [0.2, 0.25) is 0 Å². The fourth-order valence-corrected chi connectivity index (χ4v) is 2.19. The maximum Gasteiger partial charge on any atom is 0.120 e. The lowest BCUT2D eigenvalue weighted by Crippen LogP contribution is -2.05. The number of hydrogen-bond donors (Lipinski definition) is 1. The second-order valence-electron chi connectivity index (χ2n) is 5.26. The minimum Gasteiger partial charge on any atom is -0.491 e. The van der Waals surface area contributed by atoms with E-state index in [1.165, 1.54) is 12.8 Å². The molecule has 1 aromatic carbocycles. The summed E-state index contributed by atoms with van der Waals surface area (Å²) in [6.07, 6.45) is 2.65. The van der Waals surface area contributed by atoms with Crippen molar-refractivity contribution in [2.24, 2.45) is 0 Å². The molecule has 2 aromatic rings. The molecule has 0 saturated heterocycles. The van der Waals surface area contributed by atoms with E-state index in [4.69, 9.17) is 10.5 Å². The van der Waals surface area contributed by atoms with Gasteiger partial charge in [-0.15, -0.1) is 0 Å². The van der Waals surface area contributed by atoms with Gasteiger partial charge in [0.2, 0.25) is 0 Å². The molecular formula is C15H18N2O. The summed E-state index contributed by atoms with van der Waals surface area (Å²) in [5, 5.41) is 0.984. The van der Waals surface area contributed by atoms with Gasteiger partial charge >= 0.3 is 0 Å². The van der Waals surface area contributed by atoms with Crippen LogP contribution in [0.5, 0.6) is 5.75 Å².